The molecule has 2 aliphatic carbocycles. The number of rotatable bonds is 3. The van der Waals surface area contributed by atoms with Gasteiger partial charge in [0.25, 0.3) is 5.91 Å². The highest BCUT2D eigenvalue weighted by Crippen LogP contribution is 2.62. The lowest BCUT2D eigenvalue weighted by Gasteiger charge is -2.63. The van der Waals surface area contributed by atoms with Crippen LogP contribution in [0, 0.1) is 11.3 Å². The molecule has 4 atom stereocenters. The summed E-state index contributed by atoms with van der Waals surface area (Å²) in [6.45, 7) is 7.72. The Morgan fingerprint density at radius 1 is 1.07 bits per heavy atom. The van der Waals surface area contributed by atoms with Gasteiger partial charge in [-0.2, -0.15) is 0 Å². The zero-order valence-electron chi connectivity index (χ0n) is 17.1. The van der Waals surface area contributed by atoms with Crippen LogP contribution in [0.4, 0.5) is 0 Å². The average molecular weight is 391 g/mol. The third-order valence-electron chi connectivity index (χ3n) is 7.72. The summed E-state index contributed by atoms with van der Waals surface area (Å²) in [5.41, 5.74) is 0.354. The minimum atomic E-state index is -0.207. The second-order valence-electron chi connectivity index (χ2n) is 9.06. The first-order valence-corrected chi connectivity index (χ1v) is 11.3. The van der Waals surface area contributed by atoms with Crippen molar-refractivity contribution < 1.29 is 14.3 Å². The summed E-state index contributed by atoms with van der Waals surface area (Å²) in [5, 5.41) is 3.86. The maximum atomic E-state index is 12.6. The molecule has 0 aromatic rings. The average Bonchev–Trinajstić information content (AvgIpc) is 3.34. The number of piperazine rings is 1. The monoisotopic (exact) mass is 390 g/mol. The SMILES string of the molecule is CCN=C(NC1C2CCOC2C12CCC2)N1CCN(C(=O)C2CCCO2)CC1. The molecule has 0 bridgehead atoms. The molecule has 5 fully saturated rings. The van der Waals surface area contributed by atoms with Gasteiger partial charge < -0.3 is 24.6 Å². The molecule has 7 nitrogen and oxygen atoms in total. The first kappa shape index (κ1) is 18.7. The second-order valence-corrected chi connectivity index (χ2v) is 9.06. The van der Waals surface area contributed by atoms with E-state index in [9.17, 15) is 4.79 Å². The van der Waals surface area contributed by atoms with Crippen LogP contribution in [-0.2, 0) is 14.3 Å². The summed E-state index contributed by atoms with van der Waals surface area (Å²) in [4.78, 5) is 21.8. The molecule has 3 heterocycles. The molecule has 2 saturated carbocycles. The number of hydrogen-bond donors (Lipinski definition) is 1. The molecule has 0 aromatic carbocycles. The number of guanidine groups is 1. The molecular weight excluding hydrogens is 356 g/mol. The van der Waals surface area contributed by atoms with Crippen LogP contribution >= 0.6 is 0 Å². The second kappa shape index (κ2) is 7.48. The number of carbonyl (C=O) groups excluding carboxylic acids is 1. The van der Waals surface area contributed by atoms with Crippen molar-refractivity contribution in [3.05, 3.63) is 0 Å². The maximum absolute atomic E-state index is 12.6. The van der Waals surface area contributed by atoms with E-state index >= 15 is 0 Å². The summed E-state index contributed by atoms with van der Waals surface area (Å²) >= 11 is 0. The van der Waals surface area contributed by atoms with Crippen LogP contribution in [0.5, 0.6) is 0 Å². The van der Waals surface area contributed by atoms with Crippen LogP contribution in [-0.4, -0.2) is 85.9 Å². The molecular formula is C21H34N4O3. The van der Waals surface area contributed by atoms with Gasteiger partial charge in [0, 0.05) is 63.3 Å². The minimum Gasteiger partial charge on any atom is -0.377 e. The number of nitrogens with one attached hydrogen (secondary N) is 1. The summed E-state index contributed by atoms with van der Waals surface area (Å²) in [5.74, 6) is 1.86. The largest absolute Gasteiger partial charge is 0.377 e. The zero-order valence-corrected chi connectivity index (χ0v) is 17.1. The van der Waals surface area contributed by atoms with Crippen molar-refractivity contribution in [2.75, 3.05) is 45.9 Å². The smallest absolute Gasteiger partial charge is 0.251 e. The molecule has 5 rings (SSSR count). The first-order valence-electron chi connectivity index (χ1n) is 11.3. The molecule has 4 unspecified atom stereocenters. The molecule has 1 N–H and O–H groups in total. The lowest BCUT2D eigenvalue weighted by atomic mass is 9.46. The van der Waals surface area contributed by atoms with Crippen molar-refractivity contribution in [1.82, 2.24) is 15.1 Å². The highest BCUT2D eigenvalue weighted by molar-refractivity contribution is 5.83. The fraction of sp³-hybridized carbons (Fsp3) is 0.905. The third kappa shape index (κ3) is 2.93. The molecule has 3 saturated heterocycles. The van der Waals surface area contributed by atoms with Crippen molar-refractivity contribution in [2.24, 2.45) is 16.3 Å². The van der Waals surface area contributed by atoms with Crippen LogP contribution in [0.3, 0.4) is 0 Å². The van der Waals surface area contributed by atoms with Gasteiger partial charge >= 0.3 is 0 Å². The third-order valence-corrected chi connectivity index (χ3v) is 7.72. The van der Waals surface area contributed by atoms with Crippen LogP contribution in [0.15, 0.2) is 4.99 Å². The Kier molecular flexibility index (Phi) is 4.99. The van der Waals surface area contributed by atoms with E-state index in [1.165, 1.54) is 25.7 Å². The topological polar surface area (TPSA) is 66.4 Å². The Morgan fingerprint density at radius 3 is 2.50 bits per heavy atom. The molecule has 5 aliphatic rings. The van der Waals surface area contributed by atoms with Crippen molar-refractivity contribution in [2.45, 2.75) is 63.7 Å². The molecule has 0 radical (unpaired) electrons. The van der Waals surface area contributed by atoms with E-state index in [2.05, 4.69) is 17.1 Å². The predicted octanol–water partition coefficient (Wildman–Crippen LogP) is 1.23. The number of amides is 1. The van der Waals surface area contributed by atoms with E-state index in [-0.39, 0.29) is 12.0 Å². The Bertz CT molecular complexity index is 621. The van der Waals surface area contributed by atoms with Gasteiger partial charge in [0.1, 0.15) is 6.10 Å². The van der Waals surface area contributed by atoms with E-state index in [1.807, 2.05) is 4.90 Å². The number of fused-ring (bicyclic) bond motifs is 2. The Balaban J connectivity index is 1.21. The van der Waals surface area contributed by atoms with E-state index in [0.717, 1.165) is 64.7 Å². The van der Waals surface area contributed by atoms with Gasteiger partial charge in [-0.05, 0) is 39.0 Å². The molecule has 3 aliphatic heterocycles. The minimum absolute atomic E-state index is 0.178. The molecule has 1 amide bonds. The Labute approximate surface area is 167 Å². The standard InChI is InChI=1S/C21H34N4O3/c1-2-22-20(23-17-15-6-14-28-18(15)21(17)7-4-8-21)25-11-9-24(10-12-25)19(26)16-5-3-13-27-16/h15-18H,2-14H2,1H3,(H,22,23). The molecule has 0 aromatic heterocycles. The van der Waals surface area contributed by atoms with Gasteiger partial charge in [-0.25, -0.2) is 0 Å². The summed E-state index contributed by atoms with van der Waals surface area (Å²) in [7, 11) is 0. The first-order chi connectivity index (χ1) is 13.7. The maximum Gasteiger partial charge on any atom is 0.251 e. The number of hydrogen-bond acceptors (Lipinski definition) is 4. The van der Waals surface area contributed by atoms with Crippen LogP contribution < -0.4 is 5.32 Å². The fourth-order valence-electron chi connectivity index (χ4n) is 6.10. The Morgan fingerprint density at radius 2 is 1.86 bits per heavy atom. The van der Waals surface area contributed by atoms with Gasteiger partial charge in [-0.3, -0.25) is 9.79 Å². The number of nitrogens with zero attached hydrogens (tertiary/aromatic N) is 3. The van der Waals surface area contributed by atoms with Crippen molar-refractivity contribution in [3.8, 4) is 0 Å². The number of ether oxygens (including phenoxy) is 2. The highest BCUT2D eigenvalue weighted by Gasteiger charge is 2.66. The van der Waals surface area contributed by atoms with Crippen LogP contribution in [0.2, 0.25) is 0 Å². The lowest BCUT2D eigenvalue weighted by Crippen LogP contribution is -2.73. The zero-order chi connectivity index (χ0) is 19.1. The van der Waals surface area contributed by atoms with Gasteiger partial charge in [0.05, 0.1) is 6.10 Å². The molecule has 156 valence electrons. The lowest BCUT2D eigenvalue weighted by molar-refractivity contribution is -0.171. The van der Waals surface area contributed by atoms with Gasteiger partial charge in [0.2, 0.25) is 0 Å². The fourth-order valence-corrected chi connectivity index (χ4v) is 6.10. The molecule has 28 heavy (non-hydrogen) atoms. The highest BCUT2D eigenvalue weighted by atomic mass is 16.5. The van der Waals surface area contributed by atoms with E-state index in [1.54, 1.807) is 0 Å². The van der Waals surface area contributed by atoms with Gasteiger partial charge in [-0.1, -0.05) is 6.42 Å². The van der Waals surface area contributed by atoms with E-state index in [0.29, 0.717) is 23.5 Å². The van der Waals surface area contributed by atoms with Gasteiger partial charge in [0.15, 0.2) is 5.96 Å². The predicted molar refractivity (Wildman–Crippen MR) is 106 cm³/mol. The summed E-state index contributed by atoms with van der Waals surface area (Å²) in [6.07, 6.45) is 7.22. The summed E-state index contributed by atoms with van der Waals surface area (Å²) < 4.78 is 11.7. The number of carbonyl (C=O) groups is 1. The quantitative estimate of drug-likeness (QED) is 0.580. The number of aliphatic imine (C=N–C) groups is 1. The molecule has 1 spiro atoms. The normalized spacial score (nSPS) is 36.8. The van der Waals surface area contributed by atoms with Crippen molar-refractivity contribution in [3.63, 3.8) is 0 Å². The van der Waals surface area contributed by atoms with Crippen molar-refractivity contribution in [1.29, 1.82) is 0 Å². The van der Waals surface area contributed by atoms with Crippen LogP contribution in [0.1, 0.15) is 45.4 Å². The van der Waals surface area contributed by atoms with E-state index < -0.39 is 0 Å². The van der Waals surface area contributed by atoms with E-state index in [4.69, 9.17) is 14.5 Å². The van der Waals surface area contributed by atoms with Crippen molar-refractivity contribution >= 4 is 11.9 Å². The Hall–Kier alpha value is -1.34. The van der Waals surface area contributed by atoms with Gasteiger partial charge in [-0.15, -0.1) is 0 Å². The molecule has 7 heteroatoms. The summed E-state index contributed by atoms with van der Waals surface area (Å²) in [6, 6.07) is 0.505. The van der Waals surface area contributed by atoms with Crippen LogP contribution in [0.25, 0.3) is 0 Å².